The highest BCUT2D eigenvalue weighted by Crippen LogP contribution is 2.29. The molecule has 0 atom stereocenters. The van der Waals surface area contributed by atoms with E-state index in [0.29, 0.717) is 16.6 Å². The number of hydrogen-bond donors (Lipinski definition) is 1. The molecule has 0 unspecified atom stereocenters. The minimum atomic E-state index is -0.981. The maximum atomic E-state index is 11.4. The van der Waals surface area contributed by atoms with Crippen molar-refractivity contribution >= 4 is 33.7 Å². The number of carboxylic acid groups (broad SMARTS) is 1. The Bertz CT molecular complexity index is 732. The van der Waals surface area contributed by atoms with Gasteiger partial charge in [-0.15, -0.1) is 0 Å². The first-order valence-electron chi connectivity index (χ1n) is 5.79. The first-order valence-corrected chi connectivity index (χ1v) is 7.57. The molecule has 2 rings (SSSR count). The average Bonchev–Trinajstić information content (AvgIpc) is 2.45. The predicted molar refractivity (Wildman–Crippen MR) is 82.4 cm³/mol. The Labute approximate surface area is 132 Å². The number of aromatic nitrogens is 2. The normalized spacial score (nSPS) is 10.4. The van der Waals surface area contributed by atoms with Gasteiger partial charge >= 0.3 is 5.97 Å². The van der Waals surface area contributed by atoms with Crippen LogP contribution in [0.15, 0.2) is 44.9 Å². The second-order valence-electron chi connectivity index (χ2n) is 3.92. The molecule has 110 valence electrons. The third-order valence-corrected chi connectivity index (χ3v) is 3.93. The molecule has 0 saturated heterocycles. The Hall–Kier alpha value is -1.80. The molecule has 1 aromatic carbocycles. The Balaban J connectivity index is 2.55. The lowest BCUT2D eigenvalue weighted by atomic mass is 10.3. The van der Waals surface area contributed by atoms with Crippen LogP contribution in [-0.2, 0) is 4.79 Å². The number of ether oxygens (including phenoxy) is 1. The number of thioether (sulfide) groups is 1. The van der Waals surface area contributed by atoms with Crippen molar-refractivity contribution in [2.75, 3.05) is 12.9 Å². The highest BCUT2D eigenvalue weighted by atomic mass is 79.9. The van der Waals surface area contributed by atoms with E-state index in [1.54, 1.807) is 22.9 Å². The number of hydrogen-bond acceptors (Lipinski definition) is 5. The molecule has 1 N–H and O–H groups in total. The third-order valence-electron chi connectivity index (χ3n) is 2.50. The monoisotopic (exact) mass is 370 g/mol. The first-order chi connectivity index (χ1) is 10.0. The van der Waals surface area contributed by atoms with Crippen LogP contribution in [0.2, 0.25) is 0 Å². The molecule has 21 heavy (non-hydrogen) atoms. The Morgan fingerprint density at radius 3 is 2.90 bits per heavy atom. The summed E-state index contributed by atoms with van der Waals surface area (Å²) in [6.07, 6.45) is 1.55. The SMILES string of the molecule is COc1ccc(Br)cc1-n1ccc(=O)nc1SCC(=O)O. The fourth-order valence-corrected chi connectivity index (χ4v) is 2.70. The van der Waals surface area contributed by atoms with Crippen molar-refractivity contribution in [1.29, 1.82) is 0 Å². The van der Waals surface area contributed by atoms with Crippen molar-refractivity contribution in [3.05, 3.63) is 45.3 Å². The Kier molecular flexibility index (Phi) is 5.03. The molecule has 1 aromatic heterocycles. The first kappa shape index (κ1) is 15.6. The van der Waals surface area contributed by atoms with Gasteiger partial charge in [-0.3, -0.25) is 14.2 Å². The van der Waals surface area contributed by atoms with Gasteiger partial charge in [-0.2, -0.15) is 4.98 Å². The van der Waals surface area contributed by atoms with Crippen LogP contribution in [0.1, 0.15) is 0 Å². The molecule has 0 fully saturated rings. The number of nitrogens with zero attached hydrogens (tertiary/aromatic N) is 2. The number of rotatable bonds is 5. The van der Waals surface area contributed by atoms with E-state index >= 15 is 0 Å². The van der Waals surface area contributed by atoms with E-state index in [1.165, 1.54) is 13.2 Å². The molecule has 0 aliphatic carbocycles. The number of methoxy groups -OCH3 is 1. The molecule has 8 heteroatoms. The van der Waals surface area contributed by atoms with Crippen molar-refractivity contribution < 1.29 is 14.6 Å². The summed E-state index contributed by atoms with van der Waals surface area (Å²) < 4.78 is 7.74. The summed E-state index contributed by atoms with van der Waals surface area (Å²) in [5.74, 6) is -0.584. The van der Waals surface area contributed by atoms with Crippen molar-refractivity contribution in [2.24, 2.45) is 0 Å². The van der Waals surface area contributed by atoms with Gasteiger partial charge in [0.1, 0.15) is 5.75 Å². The standard InChI is InChI=1S/C13H11BrN2O4S/c1-20-10-3-2-8(14)6-9(10)16-5-4-11(17)15-13(16)21-7-12(18)19/h2-6H,7H2,1H3,(H,18,19). The van der Waals surface area contributed by atoms with E-state index in [0.717, 1.165) is 16.2 Å². The van der Waals surface area contributed by atoms with Crippen LogP contribution in [0.3, 0.4) is 0 Å². The molecule has 0 bridgehead atoms. The number of carbonyl (C=O) groups is 1. The summed E-state index contributed by atoms with van der Waals surface area (Å²) in [6, 6.07) is 6.70. The topological polar surface area (TPSA) is 81.4 Å². The lowest BCUT2D eigenvalue weighted by molar-refractivity contribution is -0.133. The van der Waals surface area contributed by atoms with Gasteiger partial charge in [-0.05, 0) is 18.2 Å². The zero-order valence-corrected chi connectivity index (χ0v) is 13.3. The van der Waals surface area contributed by atoms with Crippen LogP contribution in [-0.4, -0.2) is 33.5 Å². The van der Waals surface area contributed by atoms with E-state index in [2.05, 4.69) is 20.9 Å². The quantitative estimate of drug-likeness (QED) is 0.641. The predicted octanol–water partition coefficient (Wildman–Crippen LogP) is 2.18. The van der Waals surface area contributed by atoms with Crippen LogP contribution in [0.5, 0.6) is 5.75 Å². The van der Waals surface area contributed by atoms with Crippen LogP contribution in [0.25, 0.3) is 5.69 Å². The van der Waals surface area contributed by atoms with E-state index in [1.807, 2.05) is 6.07 Å². The van der Waals surface area contributed by atoms with Crippen molar-refractivity contribution in [3.8, 4) is 11.4 Å². The third kappa shape index (κ3) is 3.85. The van der Waals surface area contributed by atoms with E-state index in [9.17, 15) is 9.59 Å². The molecular weight excluding hydrogens is 360 g/mol. The second-order valence-corrected chi connectivity index (χ2v) is 5.78. The molecule has 0 aliphatic heterocycles. The summed E-state index contributed by atoms with van der Waals surface area (Å²) in [6.45, 7) is 0. The molecular formula is C13H11BrN2O4S. The Morgan fingerprint density at radius 1 is 1.48 bits per heavy atom. The molecule has 0 radical (unpaired) electrons. The highest BCUT2D eigenvalue weighted by Gasteiger charge is 2.12. The van der Waals surface area contributed by atoms with Gasteiger partial charge in [0.25, 0.3) is 5.56 Å². The average molecular weight is 371 g/mol. The Morgan fingerprint density at radius 2 is 2.24 bits per heavy atom. The van der Waals surface area contributed by atoms with E-state index in [4.69, 9.17) is 9.84 Å². The highest BCUT2D eigenvalue weighted by molar-refractivity contribution is 9.10. The largest absolute Gasteiger partial charge is 0.495 e. The van der Waals surface area contributed by atoms with Crippen molar-refractivity contribution in [2.45, 2.75) is 5.16 Å². The molecule has 0 saturated carbocycles. The molecule has 2 aromatic rings. The molecule has 6 nitrogen and oxygen atoms in total. The van der Waals surface area contributed by atoms with Gasteiger partial charge < -0.3 is 9.84 Å². The zero-order valence-electron chi connectivity index (χ0n) is 10.9. The van der Waals surface area contributed by atoms with E-state index in [-0.39, 0.29) is 5.75 Å². The summed E-state index contributed by atoms with van der Waals surface area (Å²) >= 11 is 4.34. The van der Waals surface area contributed by atoms with Gasteiger partial charge in [-0.1, -0.05) is 27.7 Å². The zero-order chi connectivity index (χ0) is 15.4. The number of carboxylic acids is 1. The van der Waals surface area contributed by atoms with Gasteiger partial charge in [0.2, 0.25) is 0 Å². The number of aliphatic carboxylic acids is 1. The van der Waals surface area contributed by atoms with Gasteiger partial charge in [0.05, 0.1) is 18.6 Å². The summed E-state index contributed by atoms with van der Waals surface area (Å²) in [5, 5.41) is 9.08. The van der Waals surface area contributed by atoms with Crippen LogP contribution in [0.4, 0.5) is 0 Å². The number of benzene rings is 1. The van der Waals surface area contributed by atoms with Crippen molar-refractivity contribution in [1.82, 2.24) is 9.55 Å². The fraction of sp³-hybridized carbons (Fsp3) is 0.154. The van der Waals surface area contributed by atoms with Gasteiger partial charge in [0.15, 0.2) is 5.16 Å². The molecule has 0 spiro atoms. The van der Waals surface area contributed by atoms with Crippen molar-refractivity contribution in [3.63, 3.8) is 0 Å². The van der Waals surface area contributed by atoms with E-state index < -0.39 is 11.5 Å². The fourth-order valence-electron chi connectivity index (χ4n) is 1.65. The van der Waals surface area contributed by atoms with Crippen LogP contribution >= 0.6 is 27.7 Å². The molecule has 0 aliphatic rings. The summed E-state index contributed by atoms with van der Waals surface area (Å²) in [5.41, 5.74) is 0.236. The van der Waals surface area contributed by atoms with Crippen LogP contribution < -0.4 is 10.3 Å². The maximum absolute atomic E-state index is 11.4. The molecule has 0 amide bonds. The second kappa shape index (κ2) is 6.77. The summed E-state index contributed by atoms with van der Waals surface area (Å²) in [7, 11) is 1.53. The van der Waals surface area contributed by atoms with Gasteiger partial charge in [-0.25, -0.2) is 0 Å². The smallest absolute Gasteiger partial charge is 0.313 e. The lowest BCUT2D eigenvalue weighted by Crippen LogP contribution is -2.13. The van der Waals surface area contributed by atoms with Gasteiger partial charge in [0, 0.05) is 16.7 Å². The minimum Gasteiger partial charge on any atom is -0.495 e. The number of halogens is 1. The lowest BCUT2D eigenvalue weighted by Gasteiger charge is -2.14. The molecule has 1 heterocycles. The minimum absolute atomic E-state index is 0.188. The maximum Gasteiger partial charge on any atom is 0.313 e. The van der Waals surface area contributed by atoms with Crippen LogP contribution in [0, 0.1) is 0 Å². The summed E-state index contributed by atoms with van der Waals surface area (Å²) in [4.78, 5) is 26.0.